The largest absolute Gasteiger partial charge is 0.492 e. The topological polar surface area (TPSA) is 39.4 Å². The molecule has 0 bridgehead atoms. The molecular formula is C10H7ClO3. The van der Waals surface area contributed by atoms with Crippen LogP contribution in [0.5, 0.6) is 5.75 Å². The quantitative estimate of drug-likeness (QED) is 0.716. The number of rotatable bonds is 2. The molecule has 0 radical (unpaired) electrons. The monoisotopic (exact) mass is 210 g/mol. The van der Waals surface area contributed by atoms with Crippen molar-refractivity contribution in [1.29, 1.82) is 0 Å². The van der Waals surface area contributed by atoms with Crippen molar-refractivity contribution in [3.8, 4) is 5.75 Å². The van der Waals surface area contributed by atoms with Crippen LogP contribution in [0.3, 0.4) is 0 Å². The van der Waals surface area contributed by atoms with E-state index in [-0.39, 0.29) is 5.76 Å². The maximum Gasteiger partial charge on any atom is 0.209 e. The summed E-state index contributed by atoms with van der Waals surface area (Å²) in [6, 6.07) is 5.20. The van der Waals surface area contributed by atoms with Gasteiger partial charge in [0, 0.05) is 0 Å². The number of methoxy groups -OCH3 is 1. The standard InChI is InChI=1S/C10H7ClO3/c1-13-10-8(5-12)14-7-4-2-3-6(11)9(7)10/h2-5H,1H3. The Balaban J connectivity index is 2.88. The number of furan rings is 1. The SMILES string of the molecule is COc1c(C=O)oc2cccc(Cl)c12. The summed E-state index contributed by atoms with van der Waals surface area (Å²) in [7, 11) is 1.47. The predicted octanol–water partition coefficient (Wildman–Crippen LogP) is 2.91. The summed E-state index contributed by atoms with van der Waals surface area (Å²) in [4.78, 5) is 10.7. The first-order valence-corrected chi connectivity index (χ1v) is 4.36. The summed E-state index contributed by atoms with van der Waals surface area (Å²) >= 11 is 5.96. The summed E-state index contributed by atoms with van der Waals surface area (Å²) in [6.45, 7) is 0. The highest BCUT2D eigenvalue weighted by atomic mass is 35.5. The van der Waals surface area contributed by atoms with E-state index in [0.29, 0.717) is 28.0 Å². The lowest BCUT2D eigenvalue weighted by atomic mass is 10.2. The summed E-state index contributed by atoms with van der Waals surface area (Å²) in [5, 5.41) is 1.15. The molecule has 0 saturated carbocycles. The summed E-state index contributed by atoms with van der Waals surface area (Å²) in [5.74, 6) is 0.552. The zero-order valence-corrected chi connectivity index (χ0v) is 8.17. The Labute approximate surface area is 85.2 Å². The van der Waals surface area contributed by atoms with E-state index in [0.717, 1.165) is 0 Å². The van der Waals surface area contributed by atoms with Crippen LogP contribution in [0, 0.1) is 0 Å². The zero-order valence-electron chi connectivity index (χ0n) is 7.41. The van der Waals surface area contributed by atoms with Gasteiger partial charge in [0.05, 0.1) is 17.5 Å². The van der Waals surface area contributed by atoms with Crippen LogP contribution in [0.4, 0.5) is 0 Å². The van der Waals surface area contributed by atoms with E-state index in [4.69, 9.17) is 20.8 Å². The number of ether oxygens (including phenoxy) is 1. The van der Waals surface area contributed by atoms with Gasteiger partial charge in [0.1, 0.15) is 5.58 Å². The van der Waals surface area contributed by atoms with E-state index in [1.807, 2.05) is 0 Å². The molecule has 0 saturated heterocycles. The molecule has 3 nitrogen and oxygen atoms in total. The molecule has 72 valence electrons. The van der Waals surface area contributed by atoms with Crippen molar-refractivity contribution in [2.24, 2.45) is 0 Å². The molecule has 0 aliphatic heterocycles. The lowest BCUT2D eigenvalue weighted by Gasteiger charge is -1.96. The highest BCUT2D eigenvalue weighted by Gasteiger charge is 2.16. The molecule has 4 heteroatoms. The van der Waals surface area contributed by atoms with Crippen molar-refractivity contribution in [1.82, 2.24) is 0 Å². The van der Waals surface area contributed by atoms with Crippen LogP contribution in [-0.2, 0) is 0 Å². The fourth-order valence-corrected chi connectivity index (χ4v) is 1.63. The summed E-state index contributed by atoms with van der Waals surface area (Å²) in [6.07, 6.45) is 0.606. The summed E-state index contributed by atoms with van der Waals surface area (Å²) in [5.41, 5.74) is 0.552. The number of halogens is 1. The molecule has 0 N–H and O–H groups in total. The minimum atomic E-state index is 0.163. The Morgan fingerprint density at radius 3 is 2.93 bits per heavy atom. The van der Waals surface area contributed by atoms with Gasteiger partial charge in [0.25, 0.3) is 0 Å². The molecule has 0 spiro atoms. The minimum Gasteiger partial charge on any atom is -0.492 e. The van der Waals surface area contributed by atoms with Gasteiger partial charge in [-0.05, 0) is 12.1 Å². The molecule has 0 aliphatic rings. The van der Waals surface area contributed by atoms with Crippen molar-refractivity contribution in [2.75, 3.05) is 7.11 Å². The van der Waals surface area contributed by atoms with Crippen LogP contribution >= 0.6 is 11.6 Å². The van der Waals surface area contributed by atoms with Gasteiger partial charge in [-0.1, -0.05) is 17.7 Å². The lowest BCUT2D eigenvalue weighted by Crippen LogP contribution is -1.85. The Bertz CT molecular complexity index is 487. The first kappa shape index (κ1) is 9.09. The van der Waals surface area contributed by atoms with Crippen molar-refractivity contribution < 1.29 is 13.9 Å². The maximum atomic E-state index is 10.7. The minimum absolute atomic E-state index is 0.163. The highest BCUT2D eigenvalue weighted by Crippen LogP contribution is 2.36. The Kier molecular flexibility index (Phi) is 2.17. The first-order chi connectivity index (χ1) is 6.77. The normalized spacial score (nSPS) is 10.4. The predicted molar refractivity (Wildman–Crippen MR) is 53.2 cm³/mol. The molecule has 14 heavy (non-hydrogen) atoms. The molecule has 1 aromatic heterocycles. The van der Waals surface area contributed by atoms with Crippen molar-refractivity contribution in [2.45, 2.75) is 0 Å². The average Bonchev–Trinajstić information content (AvgIpc) is 2.56. The molecule has 0 unspecified atom stereocenters. The van der Waals surface area contributed by atoms with E-state index in [1.165, 1.54) is 7.11 Å². The molecule has 1 heterocycles. The number of hydrogen-bond acceptors (Lipinski definition) is 3. The number of aldehydes is 1. The van der Waals surface area contributed by atoms with Crippen molar-refractivity contribution in [3.63, 3.8) is 0 Å². The van der Waals surface area contributed by atoms with Gasteiger partial charge in [0.15, 0.2) is 12.0 Å². The van der Waals surface area contributed by atoms with Gasteiger partial charge in [-0.2, -0.15) is 0 Å². The molecule has 0 atom stereocenters. The first-order valence-electron chi connectivity index (χ1n) is 3.98. The van der Waals surface area contributed by atoms with E-state index >= 15 is 0 Å². The molecule has 1 aromatic carbocycles. The van der Waals surface area contributed by atoms with E-state index < -0.39 is 0 Å². The summed E-state index contributed by atoms with van der Waals surface area (Å²) < 4.78 is 10.3. The lowest BCUT2D eigenvalue weighted by molar-refractivity contribution is 0.109. The molecule has 0 aliphatic carbocycles. The second kappa shape index (κ2) is 3.35. The second-order valence-corrected chi connectivity index (χ2v) is 3.14. The second-order valence-electron chi connectivity index (χ2n) is 2.73. The van der Waals surface area contributed by atoms with Gasteiger partial charge < -0.3 is 9.15 Å². The van der Waals surface area contributed by atoms with Crippen LogP contribution in [0.15, 0.2) is 22.6 Å². The number of carbonyl (C=O) groups is 1. The Morgan fingerprint density at radius 2 is 2.29 bits per heavy atom. The molecule has 2 rings (SSSR count). The Hall–Kier alpha value is -1.48. The van der Waals surface area contributed by atoms with Crippen LogP contribution in [0.2, 0.25) is 5.02 Å². The zero-order chi connectivity index (χ0) is 10.1. The van der Waals surface area contributed by atoms with Gasteiger partial charge in [-0.25, -0.2) is 0 Å². The van der Waals surface area contributed by atoms with Gasteiger partial charge in [-0.3, -0.25) is 4.79 Å². The third kappa shape index (κ3) is 1.17. The molecule has 0 amide bonds. The average molecular weight is 211 g/mol. The van der Waals surface area contributed by atoms with E-state index in [2.05, 4.69) is 0 Å². The number of fused-ring (bicyclic) bond motifs is 1. The van der Waals surface area contributed by atoms with Crippen molar-refractivity contribution in [3.05, 3.63) is 29.0 Å². The van der Waals surface area contributed by atoms with E-state index in [9.17, 15) is 4.79 Å². The Morgan fingerprint density at radius 1 is 1.50 bits per heavy atom. The van der Waals surface area contributed by atoms with Crippen LogP contribution in [0.1, 0.15) is 10.6 Å². The maximum absolute atomic E-state index is 10.7. The van der Waals surface area contributed by atoms with Crippen LogP contribution in [-0.4, -0.2) is 13.4 Å². The molecule has 2 aromatic rings. The third-order valence-electron chi connectivity index (χ3n) is 1.96. The number of benzene rings is 1. The fraction of sp³-hybridized carbons (Fsp3) is 0.100. The van der Waals surface area contributed by atoms with Gasteiger partial charge in [0.2, 0.25) is 5.76 Å². The molecule has 0 fully saturated rings. The smallest absolute Gasteiger partial charge is 0.209 e. The highest BCUT2D eigenvalue weighted by molar-refractivity contribution is 6.36. The number of hydrogen-bond donors (Lipinski definition) is 0. The van der Waals surface area contributed by atoms with Crippen LogP contribution < -0.4 is 4.74 Å². The number of carbonyl (C=O) groups excluding carboxylic acids is 1. The third-order valence-corrected chi connectivity index (χ3v) is 2.27. The fourth-order valence-electron chi connectivity index (χ4n) is 1.38. The van der Waals surface area contributed by atoms with E-state index in [1.54, 1.807) is 18.2 Å². The molecular weight excluding hydrogens is 204 g/mol. The van der Waals surface area contributed by atoms with Crippen LogP contribution in [0.25, 0.3) is 11.0 Å². The van der Waals surface area contributed by atoms with Gasteiger partial charge >= 0.3 is 0 Å². The van der Waals surface area contributed by atoms with Crippen molar-refractivity contribution >= 4 is 28.9 Å². The van der Waals surface area contributed by atoms with Gasteiger partial charge in [-0.15, -0.1) is 0 Å².